The van der Waals surface area contributed by atoms with Gasteiger partial charge in [0.1, 0.15) is 19.3 Å². The number of carbonyl (C=O) groups excluding carboxylic acids is 4. The second-order valence-corrected chi connectivity index (χ2v) is 30.9. The van der Waals surface area contributed by atoms with Crippen LogP contribution in [0.15, 0.2) is 182 Å². The number of unbranched alkanes of at least 4 members (excludes halogenated alkanes) is 23. The Morgan fingerprint density at radius 2 is 0.473 bits per heavy atom. The summed E-state index contributed by atoms with van der Waals surface area (Å²) in [4.78, 5) is 73.3. The Labute approximate surface area is 679 Å². The minimum absolute atomic E-state index is 0.00724. The highest BCUT2D eigenvalue weighted by Gasteiger charge is 2.30. The number of ether oxygens (including phenoxy) is 4. The smallest absolute Gasteiger partial charge is 0.462 e. The minimum atomic E-state index is -5.01. The molecule has 0 amide bonds. The molecule has 0 spiro atoms. The quantitative estimate of drug-likeness (QED) is 0.0169. The number of esters is 4. The highest BCUT2D eigenvalue weighted by Crippen LogP contribution is 2.45. The molecule has 0 aromatic heterocycles. The molecule has 0 saturated carbocycles. The summed E-state index contributed by atoms with van der Waals surface area (Å²) < 4.78 is 68.8. The van der Waals surface area contributed by atoms with E-state index in [1.807, 2.05) is 12.2 Å². The van der Waals surface area contributed by atoms with Crippen molar-refractivity contribution in [3.63, 3.8) is 0 Å². The largest absolute Gasteiger partial charge is 0.472 e. The molecule has 0 saturated heterocycles. The van der Waals surface area contributed by atoms with Crippen LogP contribution in [-0.4, -0.2) is 96.7 Å². The average Bonchev–Trinajstić information content (AvgIpc) is 0.897. The van der Waals surface area contributed by atoms with Gasteiger partial charge in [-0.15, -0.1) is 0 Å². The van der Waals surface area contributed by atoms with E-state index in [1.165, 1.54) is 19.3 Å². The van der Waals surface area contributed by atoms with Crippen molar-refractivity contribution in [2.24, 2.45) is 0 Å². The van der Waals surface area contributed by atoms with E-state index < -0.39 is 97.5 Å². The van der Waals surface area contributed by atoms with Crippen molar-refractivity contribution in [2.45, 2.75) is 341 Å². The van der Waals surface area contributed by atoms with E-state index in [9.17, 15) is 43.2 Å². The van der Waals surface area contributed by atoms with Gasteiger partial charge in [-0.05, 0) is 173 Å². The molecule has 0 rings (SSSR count). The number of hydrogen-bond donors (Lipinski definition) is 3. The fourth-order valence-corrected chi connectivity index (χ4v) is 12.5. The van der Waals surface area contributed by atoms with Crippen LogP contribution in [0.25, 0.3) is 0 Å². The molecule has 0 aliphatic rings. The van der Waals surface area contributed by atoms with Gasteiger partial charge in [-0.25, -0.2) is 9.13 Å². The molecule has 0 aromatic rings. The number of aliphatic hydroxyl groups is 1. The van der Waals surface area contributed by atoms with Gasteiger partial charge in [-0.1, -0.05) is 306 Å². The maximum Gasteiger partial charge on any atom is 0.472 e. The van der Waals surface area contributed by atoms with E-state index in [4.69, 9.17) is 37.0 Å². The predicted molar refractivity (Wildman–Crippen MR) is 463 cm³/mol. The Bertz CT molecular complexity index is 2840. The van der Waals surface area contributed by atoms with Gasteiger partial charge in [0.25, 0.3) is 0 Å². The fourth-order valence-electron chi connectivity index (χ4n) is 10.9. The molecule has 17 nitrogen and oxygen atoms in total. The van der Waals surface area contributed by atoms with E-state index in [0.717, 1.165) is 218 Å². The summed E-state index contributed by atoms with van der Waals surface area (Å²) in [7, 11) is -10.0. The van der Waals surface area contributed by atoms with Crippen LogP contribution in [0.5, 0.6) is 0 Å². The molecule has 0 aromatic carbocycles. The van der Waals surface area contributed by atoms with Crippen LogP contribution < -0.4 is 0 Å². The molecule has 0 heterocycles. The van der Waals surface area contributed by atoms with Gasteiger partial charge in [0.05, 0.1) is 26.4 Å². The van der Waals surface area contributed by atoms with Crippen LogP contribution in [0.1, 0.15) is 323 Å². The number of rotatable bonds is 79. The number of hydrogen-bond acceptors (Lipinski definition) is 15. The first-order valence-corrected chi connectivity index (χ1v) is 46.0. The highest BCUT2D eigenvalue weighted by atomic mass is 31.2. The van der Waals surface area contributed by atoms with Crippen LogP contribution in [-0.2, 0) is 65.4 Å². The monoisotopic (exact) mass is 1600 g/mol. The molecule has 636 valence electrons. The van der Waals surface area contributed by atoms with E-state index in [1.54, 1.807) is 0 Å². The Kier molecular flexibility index (Phi) is 78.8. The topological polar surface area (TPSA) is 237 Å². The van der Waals surface area contributed by atoms with Crippen LogP contribution >= 0.6 is 15.6 Å². The molecular formula is C93H152O17P2. The fraction of sp³-hybridized carbons (Fsp3) is 0.634. The average molecular weight is 1600 g/mol. The zero-order valence-electron chi connectivity index (χ0n) is 69.8. The van der Waals surface area contributed by atoms with Crippen LogP contribution in [0.2, 0.25) is 0 Å². The van der Waals surface area contributed by atoms with Crippen molar-refractivity contribution in [3.05, 3.63) is 182 Å². The van der Waals surface area contributed by atoms with E-state index in [0.29, 0.717) is 32.1 Å². The molecule has 3 N–H and O–H groups in total. The number of allylic oxidation sites excluding steroid dienone is 30. The SMILES string of the molecule is CC/C=C\C/C=C\C/C=C\C/C=C\C/C=C\CCCC(=O)OC(COC(=O)CCCCCCCC/C=C\C/C=C\C/C=C\CCCCC)COP(=O)(O)OCC(O)COP(=O)(O)OCC(COC(=O)CCCCCCCC/C=C\C/C=C\C/C=C\C/C=C\CC)OC(=O)CCCCCCCCC/C=C\C/C=C\C/C=C\CC. The minimum Gasteiger partial charge on any atom is -0.462 e. The second-order valence-electron chi connectivity index (χ2n) is 28.0. The summed E-state index contributed by atoms with van der Waals surface area (Å²) in [5.74, 6) is -2.29. The van der Waals surface area contributed by atoms with Crippen molar-refractivity contribution in [1.29, 1.82) is 0 Å². The van der Waals surface area contributed by atoms with Crippen LogP contribution in [0.3, 0.4) is 0 Å². The molecule has 19 heteroatoms. The molecule has 5 unspecified atom stereocenters. The van der Waals surface area contributed by atoms with Gasteiger partial charge in [-0.2, -0.15) is 0 Å². The lowest BCUT2D eigenvalue weighted by Crippen LogP contribution is -2.30. The molecule has 0 aliphatic heterocycles. The lowest BCUT2D eigenvalue weighted by molar-refractivity contribution is -0.161. The lowest BCUT2D eigenvalue weighted by Gasteiger charge is -2.21. The van der Waals surface area contributed by atoms with E-state index in [-0.39, 0.29) is 25.7 Å². The Hall–Kier alpha value is -5.84. The van der Waals surface area contributed by atoms with Crippen molar-refractivity contribution >= 4 is 39.5 Å². The number of carbonyl (C=O) groups is 4. The summed E-state index contributed by atoms with van der Waals surface area (Å²) in [6.07, 6.45) is 101. The molecular weight excluding hydrogens is 1450 g/mol. The van der Waals surface area contributed by atoms with Gasteiger partial charge < -0.3 is 33.8 Å². The predicted octanol–water partition coefficient (Wildman–Crippen LogP) is 25.9. The first-order chi connectivity index (χ1) is 54.7. The van der Waals surface area contributed by atoms with Crippen LogP contribution in [0, 0.1) is 0 Å². The number of phosphoric acid groups is 2. The maximum atomic E-state index is 13.2. The Morgan fingerprint density at radius 1 is 0.259 bits per heavy atom. The van der Waals surface area contributed by atoms with Gasteiger partial charge in [0.2, 0.25) is 0 Å². The summed E-state index contributed by atoms with van der Waals surface area (Å²) >= 11 is 0. The summed E-state index contributed by atoms with van der Waals surface area (Å²) in [5.41, 5.74) is 0. The molecule has 0 fully saturated rings. The second kappa shape index (κ2) is 83.1. The van der Waals surface area contributed by atoms with Gasteiger partial charge in [-0.3, -0.25) is 37.3 Å². The third-order valence-electron chi connectivity index (χ3n) is 17.3. The summed E-state index contributed by atoms with van der Waals surface area (Å²) in [5, 5.41) is 10.7. The third-order valence-corrected chi connectivity index (χ3v) is 19.2. The van der Waals surface area contributed by atoms with E-state index in [2.05, 4.69) is 198 Å². The Balaban J connectivity index is 5.48. The van der Waals surface area contributed by atoms with Crippen molar-refractivity contribution in [3.8, 4) is 0 Å². The molecule has 0 aliphatic carbocycles. The highest BCUT2D eigenvalue weighted by molar-refractivity contribution is 7.47. The standard InChI is InChI=1S/C93H152O17P2/c1-5-9-13-17-21-25-29-33-37-41-43-47-49-53-57-61-65-69-73-77-90(95)103-83-88(109-92(97)79-75-71-67-63-59-55-51-45-39-35-31-27-23-19-15-11-7-3)85-107-111(99,100)105-81-87(94)82-106-112(101,102)108-86-89(110-93(98)80-76-72-68-64-60-56-52-46-40-36-32-28-24-20-16-12-8-4)84-104-91(96)78-74-70-66-62-58-54-50-48-44-42-38-34-30-26-22-18-14-10-6-2/h9,11-13,15-16,21-28,33-40,43-44,47-48,52,56,64,68,87-89,94H,5-8,10,14,17-20,29-32,41-42,45-46,49-51,53-55,57-63,65-67,69-86H2,1-4H3,(H,99,100)(H,101,102)/b13-9-,15-11-,16-12-,25-21-,26-22-,27-23-,28-24-,37-33-,38-34-,39-35-,40-36-,47-43-,48-44-,56-52-,68-64-. The van der Waals surface area contributed by atoms with Crippen LogP contribution in [0.4, 0.5) is 0 Å². The van der Waals surface area contributed by atoms with Crippen molar-refractivity contribution in [2.75, 3.05) is 39.6 Å². The maximum absolute atomic E-state index is 13.2. The zero-order chi connectivity index (χ0) is 81.7. The molecule has 0 radical (unpaired) electrons. The summed E-state index contributed by atoms with van der Waals surface area (Å²) in [6, 6.07) is 0. The molecule has 0 bridgehead atoms. The number of aliphatic hydroxyl groups excluding tert-OH is 1. The normalized spacial score (nSPS) is 14.7. The summed E-state index contributed by atoms with van der Waals surface area (Å²) in [6.45, 7) is 4.42. The van der Waals surface area contributed by atoms with Crippen molar-refractivity contribution in [1.82, 2.24) is 0 Å². The van der Waals surface area contributed by atoms with Crippen molar-refractivity contribution < 1.29 is 80.2 Å². The van der Waals surface area contributed by atoms with E-state index >= 15 is 0 Å². The third kappa shape index (κ3) is 82.2. The lowest BCUT2D eigenvalue weighted by atomic mass is 10.1. The van der Waals surface area contributed by atoms with Gasteiger partial charge in [0.15, 0.2) is 12.2 Å². The zero-order valence-corrected chi connectivity index (χ0v) is 71.6. The van der Waals surface area contributed by atoms with Gasteiger partial charge in [0, 0.05) is 25.7 Å². The Morgan fingerprint density at radius 3 is 0.750 bits per heavy atom. The first-order valence-electron chi connectivity index (χ1n) is 43.0. The van der Waals surface area contributed by atoms with Gasteiger partial charge >= 0.3 is 39.5 Å². The molecule has 112 heavy (non-hydrogen) atoms. The first kappa shape index (κ1) is 106. The number of phosphoric ester groups is 2. The molecule has 5 atom stereocenters.